The number of hydrogen-bond acceptors (Lipinski definition) is 4. The van der Waals surface area contributed by atoms with E-state index >= 15 is 0 Å². The van der Waals surface area contributed by atoms with Crippen molar-refractivity contribution in [2.45, 2.75) is 12.1 Å². The van der Waals surface area contributed by atoms with E-state index in [0.717, 1.165) is 0 Å². The molecule has 5 heteroatoms. The van der Waals surface area contributed by atoms with Crippen LogP contribution >= 0.6 is 0 Å². The standard InChI is InChI=1S/C9H13N3O2/c1-11-8(7(10)9(13)14)6-4-2-3-5-12-6/h2-5,7-8,11H,10H2,1H3,(H,13,14). The highest BCUT2D eigenvalue weighted by Gasteiger charge is 2.24. The Hall–Kier alpha value is -1.46. The first-order chi connectivity index (χ1) is 6.66. The van der Waals surface area contributed by atoms with Gasteiger partial charge in [0.1, 0.15) is 6.04 Å². The Balaban J connectivity index is 2.87. The highest BCUT2D eigenvalue weighted by atomic mass is 16.4. The van der Waals surface area contributed by atoms with Crippen LogP contribution in [0, 0.1) is 0 Å². The van der Waals surface area contributed by atoms with Gasteiger partial charge in [0.05, 0.1) is 11.7 Å². The number of nitrogens with two attached hydrogens (primary N) is 1. The van der Waals surface area contributed by atoms with E-state index in [4.69, 9.17) is 10.8 Å². The van der Waals surface area contributed by atoms with Gasteiger partial charge in [-0.25, -0.2) is 0 Å². The fourth-order valence-electron chi connectivity index (χ4n) is 1.21. The Morgan fingerprint density at radius 3 is 2.79 bits per heavy atom. The smallest absolute Gasteiger partial charge is 0.322 e. The summed E-state index contributed by atoms with van der Waals surface area (Å²) >= 11 is 0. The molecule has 1 aromatic rings. The molecule has 1 rings (SSSR count). The molecule has 0 aliphatic heterocycles. The summed E-state index contributed by atoms with van der Waals surface area (Å²) in [6.07, 6.45) is 1.61. The normalized spacial score (nSPS) is 14.7. The number of nitrogens with zero attached hydrogens (tertiary/aromatic N) is 1. The molecule has 0 saturated heterocycles. The van der Waals surface area contributed by atoms with Gasteiger partial charge in [-0.1, -0.05) is 6.07 Å². The quantitative estimate of drug-likeness (QED) is 0.616. The van der Waals surface area contributed by atoms with E-state index in [-0.39, 0.29) is 0 Å². The Morgan fingerprint density at radius 1 is 1.64 bits per heavy atom. The average Bonchev–Trinajstić information content (AvgIpc) is 2.20. The van der Waals surface area contributed by atoms with E-state index in [1.165, 1.54) is 0 Å². The van der Waals surface area contributed by atoms with Crippen molar-refractivity contribution >= 4 is 5.97 Å². The van der Waals surface area contributed by atoms with Gasteiger partial charge in [-0.3, -0.25) is 9.78 Å². The summed E-state index contributed by atoms with van der Waals surface area (Å²) in [5, 5.41) is 11.6. The molecule has 1 aromatic heterocycles. The van der Waals surface area contributed by atoms with Crippen molar-refractivity contribution in [2.24, 2.45) is 5.73 Å². The highest BCUT2D eigenvalue weighted by molar-refractivity contribution is 5.74. The number of aliphatic carboxylic acids is 1. The predicted molar refractivity (Wildman–Crippen MR) is 51.6 cm³/mol. The highest BCUT2D eigenvalue weighted by Crippen LogP contribution is 2.11. The Labute approximate surface area is 82.0 Å². The number of carboxylic acid groups (broad SMARTS) is 1. The number of hydrogen-bond donors (Lipinski definition) is 3. The zero-order valence-electron chi connectivity index (χ0n) is 7.84. The molecule has 1 heterocycles. The van der Waals surface area contributed by atoms with Crippen molar-refractivity contribution < 1.29 is 9.90 Å². The topological polar surface area (TPSA) is 88.2 Å². The number of rotatable bonds is 4. The molecule has 0 amide bonds. The van der Waals surface area contributed by atoms with Crippen LogP contribution in [0.1, 0.15) is 11.7 Å². The van der Waals surface area contributed by atoms with Crippen LogP contribution in [0.25, 0.3) is 0 Å². The van der Waals surface area contributed by atoms with Crippen LogP contribution < -0.4 is 11.1 Å². The lowest BCUT2D eigenvalue weighted by Crippen LogP contribution is -2.42. The largest absolute Gasteiger partial charge is 0.480 e. The molecule has 5 nitrogen and oxygen atoms in total. The molecule has 0 radical (unpaired) electrons. The molecule has 0 aliphatic carbocycles. The molecule has 0 aliphatic rings. The van der Waals surface area contributed by atoms with Crippen LogP contribution in [-0.4, -0.2) is 29.1 Å². The summed E-state index contributed by atoms with van der Waals surface area (Å²) < 4.78 is 0. The van der Waals surface area contributed by atoms with E-state index in [0.29, 0.717) is 5.69 Å². The van der Waals surface area contributed by atoms with Crippen molar-refractivity contribution in [3.05, 3.63) is 30.1 Å². The minimum atomic E-state index is -1.05. The molecule has 0 bridgehead atoms. The van der Waals surface area contributed by atoms with Gasteiger partial charge >= 0.3 is 5.97 Å². The molecule has 0 saturated carbocycles. The van der Waals surface area contributed by atoms with E-state index in [2.05, 4.69) is 10.3 Å². The lowest BCUT2D eigenvalue weighted by atomic mass is 10.1. The van der Waals surface area contributed by atoms with Crippen LogP contribution in [0.15, 0.2) is 24.4 Å². The fourth-order valence-corrected chi connectivity index (χ4v) is 1.21. The van der Waals surface area contributed by atoms with Crippen molar-refractivity contribution in [1.29, 1.82) is 0 Å². The lowest BCUT2D eigenvalue weighted by molar-refractivity contribution is -0.139. The molecule has 0 spiro atoms. The molecule has 0 aromatic carbocycles. The summed E-state index contributed by atoms with van der Waals surface area (Å²) in [6.45, 7) is 0. The fraction of sp³-hybridized carbons (Fsp3) is 0.333. The zero-order valence-corrected chi connectivity index (χ0v) is 7.84. The lowest BCUT2D eigenvalue weighted by Gasteiger charge is -2.19. The number of likely N-dealkylation sites (N-methyl/N-ethyl adjacent to an activating group) is 1. The molecule has 0 fully saturated rings. The first-order valence-corrected chi connectivity index (χ1v) is 4.23. The maximum absolute atomic E-state index is 10.7. The third-order valence-electron chi connectivity index (χ3n) is 1.96. The first-order valence-electron chi connectivity index (χ1n) is 4.23. The Morgan fingerprint density at radius 2 is 2.36 bits per heavy atom. The molecule has 76 valence electrons. The van der Waals surface area contributed by atoms with Gasteiger partial charge in [-0.05, 0) is 19.2 Å². The van der Waals surface area contributed by atoms with Crippen molar-refractivity contribution in [3.8, 4) is 0 Å². The van der Waals surface area contributed by atoms with Crippen molar-refractivity contribution in [1.82, 2.24) is 10.3 Å². The number of carbonyl (C=O) groups is 1. The van der Waals surface area contributed by atoms with Gasteiger partial charge in [-0.2, -0.15) is 0 Å². The zero-order chi connectivity index (χ0) is 10.6. The minimum Gasteiger partial charge on any atom is -0.480 e. The number of pyridine rings is 1. The molecule has 14 heavy (non-hydrogen) atoms. The Kier molecular flexibility index (Phi) is 3.55. The van der Waals surface area contributed by atoms with Gasteiger partial charge in [0.25, 0.3) is 0 Å². The van der Waals surface area contributed by atoms with E-state index in [1.807, 2.05) is 0 Å². The SMILES string of the molecule is CNC(c1ccccn1)C(N)C(=O)O. The van der Waals surface area contributed by atoms with Gasteiger partial charge in [0.15, 0.2) is 0 Å². The maximum atomic E-state index is 10.7. The summed E-state index contributed by atoms with van der Waals surface area (Å²) in [7, 11) is 1.65. The monoisotopic (exact) mass is 195 g/mol. The van der Waals surface area contributed by atoms with Crippen molar-refractivity contribution in [3.63, 3.8) is 0 Å². The Bertz CT molecular complexity index is 302. The molecule has 2 unspecified atom stereocenters. The third-order valence-corrected chi connectivity index (χ3v) is 1.96. The maximum Gasteiger partial charge on any atom is 0.322 e. The predicted octanol–water partition coefficient (Wildman–Crippen LogP) is -0.246. The summed E-state index contributed by atoms with van der Waals surface area (Å²) in [4.78, 5) is 14.7. The number of carboxylic acids is 1. The molecule has 2 atom stereocenters. The van der Waals surface area contributed by atoms with Gasteiger partial charge < -0.3 is 16.2 Å². The van der Waals surface area contributed by atoms with Crippen LogP contribution in [0.4, 0.5) is 0 Å². The van der Waals surface area contributed by atoms with Crippen LogP contribution in [0.2, 0.25) is 0 Å². The average molecular weight is 195 g/mol. The minimum absolute atomic E-state index is 0.464. The van der Waals surface area contributed by atoms with Crippen LogP contribution in [-0.2, 0) is 4.79 Å². The van der Waals surface area contributed by atoms with E-state index in [9.17, 15) is 4.79 Å². The summed E-state index contributed by atoms with van der Waals surface area (Å²) in [5.41, 5.74) is 6.13. The van der Waals surface area contributed by atoms with Gasteiger partial charge in [0.2, 0.25) is 0 Å². The summed E-state index contributed by atoms with van der Waals surface area (Å²) in [6, 6.07) is 3.84. The van der Waals surface area contributed by atoms with Crippen molar-refractivity contribution in [2.75, 3.05) is 7.05 Å². The number of aromatic nitrogens is 1. The number of nitrogens with one attached hydrogen (secondary N) is 1. The van der Waals surface area contributed by atoms with Gasteiger partial charge in [0, 0.05) is 6.20 Å². The van der Waals surface area contributed by atoms with Crippen LogP contribution in [0.5, 0.6) is 0 Å². The van der Waals surface area contributed by atoms with E-state index in [1.54, 1.807) is 31.4 Å². The second kappa shape index (κ2) is 4.69. The first kappa shape index (κ1) is 10.6. The molecule has 4 N–H and O–H groups in total. The third kappa shape index (κ3) is 2.27. The van der Waals surface area contributed by atoms with E-state index < -0.39 is 18.1 Å². The van der Waals surface area contributed by atoms with Crippen LogP contribution in [0.3, 0.4) is 0 Å². The van der Waals surface area contributed by atoms with Gasteiger partial charge in [-0.15, -0.1) is 0 Å². The summed E-state index contributed by atoms with van der Waals surface area (Å²) in [5.74, 6) is -1.05. The second-order valence-corrected chi connectivity index (χ2v) is 2.88. The molecular weight excluding hydrogens is 182 g/mol. The second-order valence-electron chi connectivity index (χ2n) is 2.88. The molecular formula is C9H13N3O2.